The summed E-state index contributed by atoms with van der Waals surface area (Å²) in [6, 6.07) is 2.05. The van der Waals surface area contributed by atoms with E-state index in [1.54, 1.807) is 18.6 Å². The Bertz CT molecular complexity index is 1090. The summed E-state index contributed by atoms with van der Waals surface area (Å²) in [5, 5.41) is 7.78. The molecule has 30 heavy (non-hydrogen) atoms. The zero-order valence-corrected chi connectivity index (χ0v) is 18.5. The van der Waals surface area contributed by atoms with Crippen LogP contribution in [0.3, 0.4) is 0 Å². The van der Waals surface area contributed by atoms with Crippen molar-refractivity contribution in [3.63, 3.8) is 0 Å². The number of nitrogens with zero attached hydrogens (tertiary/aromatic N) is 7. The fourth-order valence-corrected chi connectivity index (χ4v) is 4.42. The first-order valence-electron chi connectivity index (χ1n) is 9.82. The highest BCUT2D eigenvalue weighted by atomic mass is 79.9. The second-order valence-electron chi connectivity index (χ2n) is 7.14. The van der Waals surface area contributed by atoms with Crippen molar-refractivity contribution >= 4 is 33.6 Å². The maximum absolute atomic E-state index is 7.78. The SMILES string of the molecule is CCN1CCN(c2ccnc(-c3cnc4cnc(Br)cn34)n2)C(C)C1/C(C=N)=C/N. The van der Waals surface area contributed by atoms with Crippen LogP contribution in [0.4, 0.5) is 5.82 Å². The predicted molar refractivity (Wildman–Crippen MR) is 121 cm³/mol. The molecule has 2 unspecified atom stereocenters. The molecular weight excluding hydrogens is 446 g/mol. The summed E-state index contributed by atoms with van der Waals surface area (Å²) in [7, 11) is 0. The average molecular weight is 470 g/mol. The van der Waals surface area contributed by atoms with Crippen LogP contribution in [-0.2, 0) is 0 Å². The van der Waals surface area contributed by atoms with Crippen molar-refractivity contribution in [2.75, 3.05) is 24.5 Å². The summed E-state index contributed by atoms with van der Waals surface area (Å²) in [5.74, 6) is 1.44. The number of nitrogens with one attached hydrogen (secondary N) is 1. The van der Waals surface area contributed by atoms with Gasteiger partial charge in [-0.25, -0.2) is 19.9 Å². The van der Waals surface area contributed by atoms with Crippen LogP contribution >= 0.6 is 15.9 Å². The number of nitrogens with two attached hydrogens (primary N) is 1. The summed E-state index contributed by atoms with van der Waals surface area (Å²) in [6.07, 6.45) is 9.98. The van der Waals surface area contributed by atoms with E-state index in [1.165, 1.54) is 12.4 Å². The maximum atomic E-state index is 7.78. The van der Waals surface area contributed by atoms with Crippen LogP contribution in [-0.4, -0.2) is 67.2 Å². The van der Waals surface area contributed by atoms with Gasteiger partial charge in [0.25, 0.3) is 0 Å². The highest BCUT2D eigenvalue weighted by Crippen LogP contribution is 2.27. The molecule has 3 aromatic rings. The van der Waals surface area contributed by atoms with Gasteiger partial charge >= 0.3 is 0 Å². The van der Waals surface area contributed by atoms with Gasteiger partial charge in [0.05, 0.1) is 18.4 Å². The largest absolute Gasteiger partial charge is 0.404 e. The average Bonchev–Trinajstić information content (AvgIpc) is 3.18. The van der Waals surface area contributed by atoms with E-state index in [-0.39, 0.29) is 12.1 Å². The second kappa shape index (κ2) is 8.49. The molecule has 0 radical (unpaired) electrons. The van der Waals surface area contributed by atoms with Crippen molar-refractivity contribution in [2.45, 2.75) is 25.9 Å². The molecule has 3 N–H and O–H groups in total. The fourth-order valence-electron chi connectivity index (χ4n) is 4.12. The number of aromatic nitrogens is 5. The molecule has 9 nitrogen and oxygen atoms in total. The molecule has 0 saturated carbocycles. The molecule has 1 aliphatic heterocycles. The van der Waals surface area contributed by atoms with Gasteiger partial charge in [-0.3, -0.25) is 9.30 Å². The van der Waals surface area contributed by atoms with Crippen molar-refractivity contribution in [3.05, 3.63) is 47.2 Å². The standard InChI is InChI=1S/C20H24BrN9/c1-3-28-6-7-29(13(2)19(28)14(8-22)9-23)17-4-5-24-20(27-17)15-10-26-18-11-25-16(21)12-30(15)18/h4-5,8-13,19,22H,3,6-7,23H2,1-2H3/b14-9+,22-8?. The Morgan fingerprint density at radius 1 is 1.30 bits per heavy atom. The van der Waals surface area contributed by atoms with Crippen molar-refractivity contribution < 1.29 is 0 Å². The molecule has 0 bridgehead atoms. The van der Waals surface area contributed by atoms with Gasteiger partial charge in [0.15, 0.2) is 11.5 Å². The number of hydrogen-bond donors (Lipinski definition) is 2. The first kappa shape index (κ1) is 20.4. The monoisotopic (exact) mass is 469 g/mol. The summed E-state index contributed by atoms with van der Waals surface area (Å²) in [4.78, 5) is 22.6. The lowest BCUT2D eigenvalue weighted by Crippen LogP contribution is -2.59. The number of anilines is 1. The molecule has 0 amide bonds. The van der Waals surface area contributed by atoms with E-state index in [9.17, 15) is 0 Å². The molecular formula is C20H24BrN9. The Labute approximate surface area is 183 Å². The smallest absolute Gasteiger partial charge is 0.180 e. The molecule has 3 aromatic heterocycles. The summed E-state index contributed by atoms with van der Waals surface area (Å²) in [5.41, 5.74) is 8.17. The third-order valence-corrected chi connectivity index (χ3v) is 6.02. The summed E-state index contributed by atoms with van der Waals surface area (Å²) in [6.45, 7) is 6.88. The van der Waals surface area contributed by atoms with E-state index in [0.717, 1.165) is 42.4 Å². The van der Waals surface area contributed by atoms with E-state index < -0.39 is 0 Å². The topological polar surface area (TPSA) is 112 Å². The maximum Gasteiger partial charge on any atom is 0.180 e. The van der Waals surface area contributed by atoms with Crippen LogP contribution in [0.2, 0.25) is 0 Å². The molecule has 2 atom stereocenters. The third-order valence-electron chi connectivity index (χ3n) is 5.61. The Kier molecular flexibility index (Phi) is 5.78. The zero-order valence-electron chi connectivity index (χ0n) is 16.9. The van der Waals surface area contributed by atoms with E-state index in [2.05, 4.69) is 54.5 Å². The van der Waals surface area contributed by atoms with E-state index >= 15 is 0 Å². The van der Waals surface area contributed by atoms with Crippen molar-refractivity contribution in [1.29, 1.82) is 5.41 Å². The van der Waals surface area contributed by atoms with Gasteiger partial charge in [0.2, 0.25) is 0 Å². The fraction of sp³-hybridized carbons (Fsp3) is 0.350. The Morgan fingerprint density at radius 3 is 2.87 bits per heavy atom. The van der Waals surface area contributed by atoms with Crippen LogP contribution in [0, 0.1) is 5.41 Å². The Morgan fingerprint density at radius 2 is 2.13 bits per heavy atom. The second-order valence-corrected chi connectivity index (χ2v) is 7.95. The van der Waals surface area contributed by atoms with Crippen LogP contribution in [0.5, 0.6) is 0 Å². The highest BCUT2D eigenvalue weighted by molar-refractivity contribution is 9.10. The molecule has 0 spiro atoms. The van der Waals surface area contributed by atoms with Crippen LogP contribution < -0.4 is 10.6 Å². The number of likely N-dealkylation sites (N-methyl/N-ethyl adjacent to an activating group) is 1. The van der Waals surface area contributed by atoms with Crippen molar-refractivity contribution in [3.8, 4) is 11.5 Å². The van der Waals surface area contributed by atoms with Crippen LogP contribution in [0.15, 0.2) is 47.2 Å². The molecule has 4 heterocycles. The normalized spacial score (nSPS) is 20.6. The lowest BCUT2D eigenvalue weighted by atomic mass is 9.95. The highest BCUT2D eigenvalue weighted by Gasteiger charge is 2.35. The molecule has 0 aromatic carbocycles. The summed E-state index contributed by atoms with van der Waals surface area (Å²) >= 11 is 3.41. The number of fused-ring (bicyclic) bond motifs is 1. The van der Waals surface area contributed by atoms with Crippen LogP contribution in [0.25, 0.3) is 17.2 Å². The van der Waals surface area contributed by atoms with Crippen LogP contribution in [0.1, 0.15) is 13.8 Å². The third kappa shape index (κ3) is 3.56. The minimum absolute atomic E-state index is 0.0301. The van der Waals surface area contributed by atoms with Gasteiger partial charge in [0, 0.05) is 49.5 Å². The van der Waals surface area contributed by atoms with Gasteiger partial charge in [-0.2, -0.15) is 0 Å². The minimum atomic E-state index is 0.0301. The van der Waals surface area contributed by atoms with Gasteiger partial charge in [-0.1, -0.05) is 6.92 Å². The lowest BCUT2D eigenvalue weighted by Gasteiger charge is -2.47. The van der Waals surface area contributed by atoms with Gasteiger partial charge in [-0.15, -0.1) is 0 Å². The van der Waals surface area contributed by atoms with Gasteiger partial charge in [0.1, 0.15) is 16.1 Å². The molecule has 10 heteroatoms. The molecule has 1 fully saturated rings. The van der Waals surface area contributed by atoms with E-state index in [4.69, 9.17) is 16.1 Å². The zero-order chi connectivity index (χ0) is 21.3. The molecule has 0 aliphatic carbocycles. The molecule has 1 aliphatic rings. The van der Waals surface area contributed by atoms with Gasteiger partial charge in [-0.05, 0) is 35.5 Å². The number of rotatable bonds is 5. The summed E-state index contributed by atoms with van der Waals surface area (Å²) < 4.78 is 2.63. The molecule has 4 rings (SSSR count). The number of hydrogen-bond acceptors (Lipinski definition) is 8. The van der Waals surface area contributed by atoms with E-state index in [0.29, 0.717) is 10.4 Å². The van der Waals surface area contributed by atoms with E-state index in [1.807, 2.05) is 16.7 Å². The van der Waals surface area contributed by atoms with Crippen molar-refractivity contribution in [2.24, 2.45) is 5.73 Å². The van der Waals surface area contributed by atoms with Crippen molar-refractivity contribution in [1.82, 2.24) is 29.2 Å². The number of halogens is 1. The Hall–Kier alpha value is -2.85. The number of imidazole rings is 1. The molecule has 1 saturated heterocycles. The first-order valence-corrected chi connectivity index (χ1v) is 10.6. The quantitative estimate of drug-likeness (QED) is 0.551. The number of piperazine rings is 1. The Balaban J connectivity index is 1.71. The minimum Gasteiger partial charge on any atom is -0.404 e. The van der Waals surface area contributed by atoms with Gasteiger partial charge < -0.3 is 16.0 Å². The predicted octanol–water partition coefficient (Wildman–Crippen LogP) is 2.34. The first-order chi connectivity index (χ1) is 14.6. The molecule has 156 valence electrons. The lowest BCUT2D eigenvalue weighted by molar-refractivity contribution is 0.182.